The largest absolute Gasteiger partial charge is 0.491 e. The molecule has 5 nitrogen and oxygen atoms in total. The van der Waals surface area contributed by atoms with E-state index in [0.29, 0.717) is 18.3 Å². The van der Waals surface area contributed by atoms with Gasteiger partial charge in [0.2, 0.25) is 0 Å². The fourth-order valence-corrected chi connectivity index (χ4v) is 2.57. The number of benzene rings is 2. The third-order valence-corrected chi connectivity index (χ3v) is 3.57. The summed E-state index contributed by atoms with van der Waals surface area (Å²) in [4.78, 5) is 6.62. The molecule has 0 atom stereocenters. The molecule has 0 radical (unpaired) electrons. The molecule has 106 valence electrons. The van der Waals surface area contributed by atoms with E-state index in [1.807, 2.05) is 42.5 Å². The third-order valence-electron chi connectivity index (χ3n) is 3.57. The van der Waals surface area contributed by atoms with Crippen LogP contribution in [-0.2, 0) is 0 Å². The number of oxazole rings is 1. The highest BCUT2D eigenvalue weighted by Gasteiger charge is 2.21. The Morgan fingerprint density at radius 1 is 1.14 bits per heavy atom. The molecule has 0 amide bonds. The molecule has 1 aromatic heterocycles. The van der Waals surface area contributed by atoms with Crippen LogP contribution in [0.25, 0.3) is 11.1 Å². The summed E-state index contributed by atoms with van der Waals surface area (Å²) in [6, 6.07) is 14.0. The third kappa shape index (κ3) is 2.07. The van der Waals surface area contributed by atoms with E-state index in [-0.39, 0.29) is 0 Å². The second kappa shape index (κ2) is 4.70. The molecule has 1 aliphatic heterocycles. The Labute approximate surface area is 121 Å². The number of anilines is 3. The Hall–Kier alpha value is -2.69. The Kier molecular flexibility index (Phi) is 2.70. The highest BCUT2D eigenvalue weighted by atomic mass is 16.5. The number of rotatable bonds is 1. The van der Waals surface area contributed by atoms with Gasteiger partial charge >= 0.3 is 6.01 Å². The summed E-state index contributed by atoms with van der Waals surface area (Å²) in [6.45, 7) is 1.50. The van der Waals surface area contributed by atoms with Crippen molar-refractivity contribution < 1.29 is 9.15 Å². The maximum atomic E-state index is 5.88. The van der Waals surface area contributed by atoms with Crippen molar-refractivity contribution in [3.8, 4) is 5.75 Å². The van der Waals surface area contributed by atoms with Crippen molar-refractivity contribution in [1.82, 2.24) is 4.98 Å². The van der Waals surface area contributed by atoms with E-state index in [9.17, 15) is 0 Å². The van der Waals surface area contributed by atoms with Crippen LogP contribution in [0.5, 0.6) is 5.75 Å². The van der Waals surface area contributed by atoms with E-state index in [1.54, 1.807) is 0 Å². The number of nitrogens with two attached hydrogens (primary N) is 1. The minimum atomic E-state index is 0.577. The fourth-order valence-electron chi connectivity index (χ4n) is 2.57. The summed E-state index contributed by atoms with van der Waals surface area (Å²) in [6.07, 6.45) is 0.912. The Morgan fingerprint density at radius 2 is 2.05 bits per heavy atom. The monoisotopic (exact) mass is 281 g/mol. The lowest BCUT2D eigenvalue weighted by atomic mass is 10.2. The topological polar surface area (TPSA) is 64.5 Å². The van der Waals surface area contributed by atoms with Gasteiger partial charge < -0.3 is 14.9 Å². The molecule has 2 aromatic carbocycles. The van der Waals surface area contributed by atoms with Gasteiger partial charge in [-0.05, 0) is 36.8 Å². The Morgan fingerprint density at radius 3 is 3.00 bits per heavy atom. The quantitative estimate of drug-likeness (QED) is 0.693. The van der Waals surface area contributed by atoms with Crippen molar-refractivity contribution in [2.75, 3.05) is 23.8 Å². The second-order valence-corrected chi connectivity index (χ2v) is 5.04. The highest BCUT2D eigenvalue weighted by molar-refractivity contribution is 5.79. The van der Waals surface area contributed by atoms with Crippen molar-refractivity contribution in [2.45, 2.75) is 6.42 Å². The van der Waals surface area contributed by atoms with Gasteiger partial charge in [-0.25, -0.2) is 0 Å². The van der Waals surface area contributed by atoms with Gasteiger partial charge in [-0.3, -0.25) is 4.90 Å². The fraction of sp³-hybridized carbons (Fsp3) is 0.188. The van der Waals surface area contributed by atoms with Crippen molar-refractivity contribution >= 4 is 28.5 Å². The van der Waals surface area contributed by atoms with Crippen LogP contribution in [0.2, 0.25) is 0 Å². The predicted molar refractivity (Wildman–Crippen MR) is 82.0 cm³/mol. The molecule has 0 bridgehead atoms. The molecule has 21 heavy (non-hydrogen) atoms. The molecule has 2 heterocycles. The van der Waals surface area contributed by atoms with E-state index < -0.39 is 0 Å². The van der Waals surface area contributed by atoms with Crippen LogP contribution in [0.4, 0.5) is 17.4 Å². The second-order valence-electron chi connectivity index (χ2n) is 5.04. The predicted octanol–water partition coefficient (Wildman–Crippen LogP) is 3.33. The molecule has 1 aliphatic rings. The summed E-state index contributed by atoms with van der Waals surface area (Å²) in [5, 5.41) is 0. The van der Waals surface area contributed by atoms with Crippen LogP contribution >= 0.6 is 0 Å². The summed E-state index contributed by atoms with van der Waals surface area (Å²) in [7, 11) is 0. The summed E-state index contributed by atoms with van der Waals surface area (Å²) < 4.78 is 11.6. The van der Waals surface area contributed by atoms with Gasteiger partial charge in [0.05, 0.1) is 12.3 Å². The number of nitrogens with zero attached hydrogens (tertiary/aromatic N) is 2. The molecule has 0 fully saturated rings. The lowest BCUT2D eigenvalue weighted by Crippen LogP contribution is -2.17. The molecule has 2 N–H and O–H groups in total. The first-order chi connectivity index (χ1) is 10.3. The van der Waals surface area contributed by atoms with Crippen LogP contribution in [0.1, 0.15) is 6.42 Å². The zero-order chi connectivity index (χ0) is 14.2. The van der Waals surface area contributed by atoms with Crippen molar-refractivity contribution in [1.29, 1.82) is 0 Å². The van der Waals surface area contributed by atoms with Crippen LogP contribution in [-0.4, -0.2) is 18.1 Å². The van der Waals surface area contributed by atoms with Gasteiger partial charge in [-0.15, -0.1) is 0 Å². The van der Waals surface area contributed by atoms with Gasteiger partial charge in [-0.1, -0.05) is 12.1 Å². The van der Waals surface area contributed by atoms with Crippen molar-refractivity contribution in [2.24, 2.45) is 0 Å². The molecule has 0 saturated heterocycles. The van der Waals surface area contributed by atoms with Gasteiger partial charge in [0.1, 0.15) is 11.3 Å². The number of para-hydroxylation sites is 2. The number of hydrogen-bond donors (Lipinski definition) is 1. The minimum absolute atomic E-state index is 0.577. The molecule has 4 rings (SSSR count). The summed E-state index contributed by atoms with van der Waals surface area (Å²) in [5.74, 6) is 0.858. The molecule has 0 spiro atoms. The molecular formula is C16H15N3O2. The Bertz CT molecular complexity index is 797. The summed E-state index contributed by atoms with van der Waals surface area (Å²) >= 11 is 0. The number of hydrogen-bond acceptors (Lipinski definition) is 5. The molecular weight excluding hydrogens is 266 g/mol. The lowest BCUT2D eigenvalue weighted by Gasteiger charge is -2.19. The average molecular weight is 281 g/mol. The zero-order valence-electron chi connectivity index (χ0n) is 11.5. The number of aromatic nitrogens is 1. The zero-order valence-corrected chi connectivity index (χ0v) is 11.5. The maximum absolute atomic E-state index is 5.88. The number of nitrogen functional groups attached to an aromatic ring is 1. The first-order valence-corrected chi connectivity index (χ1v) is 6.97. The van der Waals surface area contributed by atoms with E-state index >= 15 is 0 Å². The van der Waals surface area contributed by atoms with Crippen LogP contribution in [0, 0.1) is 0 Å². The molecule has 0 aliphatic carbocycles. The van der Waals surface area contributed by atoms with Gasteiger partial charge in [-0.2, -0.15) is 4.98 Å². The highest BCUT2D eigenvalue weighted by Crippen LogP contribution is 2.36. The minimum Gasteiger partial charge on any atom is -0.491 e. The van der Waals surface area contributed by atoms with Gasteiger partial charge in [0.15, 0.2) is 5.58 Å². The van der Waals surface area contributed by atoms with Gasteiger partial charge in [0, 0.05) is 12.2 Å². The standard InChI is InChI=1S/C16H15N3O2/c17-11-6-7-14-12(10-11)18-16(21-14)19-8-3-9-20-15-5-2-1-4-13(15)19/h1-2,4-7,10H,3,8-9,17H2. The van der Waals surface area contributed by atoms with E-state index in [2.05, 4.69) is 9.88 Å². The number of ether oxygens (including phenoxy) is 1. The van der Waals surface area contributed by atoms with E-state index in [1.165, 1.54) is 0 Å². The van der Waals surface area contributed by atoms with Crippen molar-refractivity contribution in [3.05, 3.63) is 42.5 Å². The van der Waals surface area contributed by atoms with E-state index in [4.69, 9.17) is 14.9 Å². The molecule has 0 saturated carbocycles. The van der Waals surface area contributed by atoms with Crippen molar-refractivity contribution in [3.63, 3.8) is 0 Å². The van der Waals surface area contributed by atoms with E-state index in [0.717, 1.165) is 35.5 Å². The lowest BCUT2D eigenvalue weighted by molar-refractivity contribution is 0.322. The molecule has 5 heteroatoms. The van der Waals surface area contributed by atoms with Gasteiger partial charge in [0.25, 0.3) is 0 Å². The Balaban J connectivity index is 1.84. The normalized spacial score (nSPS) is 14.6. The average Bonchev–Trinajstić information content (AvgIpc) is 2.78. The number of fused-ring (bicyclic) bond motifs is 2. The van der Waals surface area contributed by atoms with Crippen LogP contribution in [0.3, 0.4) is 0 Å². The first-order valence-electron chi connectivity index (χ1n) is 6.97. The van der Waals surface area contributed by atoms with Crippen LogP contribution in [0.15, 0.2) is 46.9 Å². The van der Waals surface area contributed by atoms with Crippen LogP contribution < -0.4 is 15.4 Å². The smallest absolute Gasteiger partial charge is 0.303 e. The molecule has 0 unspecified atom stereocenters. The SMILES string of the molecule is Nc1ccc2oc(N3CCCOc4ccccc43)nc2c1. The summed E-state index contributed by atoms with van der Waals surface area (Å²) in [5.41, 5.74) is 8.97. The maximum Gasteiger partial charge on any atom is 0.303 e. The first kappa shape index (κ1) is 12.1. The molecule has 3 aromatic rings.